The fourth-order valence-electron chi connectivity index (χ4n) is 1.34. The van der Waals surface area contributed by atoms with Gasteiger partial charge in [0.25, 0.3) is 0 Å². The van der Waals surface area contributed by atoms with Crippen molar-refractivity contribution in [1.29, 1.82) is 0 Å². The van der Waals surface area contributed by atoms with E-state index in [0.717, 1.165) is 5.56 Å². The first-order chi connectivity index (χ1) is 6.93. The molecule has 0 heterocycles. The Bertz CT molecular complexity index is 345. The summed E-state index contributed by atoms with van der Waals surface area (Å²) in [6, 6.07) is 4.23. The van der Waals surface area contributed by atoms with Gasteiger partial charge in [0.1, 0.15) is 5.75 Å². The number of phenolic OH excluding ortho intramolecular Hbond substituents is 1. The molecule has 0 saturated carbocycles. The molecule has 1 rings (SSSR count). The summed E-state index contributed by atoms with van der Waals surface area (Å²) in [4.78, 5) is 0. The average molecular weight is 266 g/mol. The number of hydrogen-bond donors (Lipinski definition) is 3. The third-order valence-electron chi connectivity index (χ3n) is 2.41. The monoisotopic (exact) mass is 265 g/mol. The molecule has 2 atom stereocenters. The molecule has 0 spiro atoms. The number of aliphatic hydroxyl groups is 1. The zero-order valence-electron chi connectivity index (χ0n) is 9.22. The van der Waals surface area contributed by atoms with Gasteiger partial charge in [-0.15, -0.1) is 12.4 Å². The van der Waals surface area contributed by atoms with Gasteiger partial charge in [-0.25, -0.2) is 0 Å². The van der Waals surface area contributed by atoms with E-state index in [9.17, 15) is 10.2 Å². The van der Waals surface area contributed by atoms with Crippen LogP contribution in [0.15, 0.2) is 18.2 Å². The van der Waals surface area contributed by atoms with Crippen LogP contribution in [0.1, 0.15) is 25.5 Å². The zero-order chi connectivity index (χ0) is 11.6. The maximum absolute atomic E-state index is 9.78. The van der Waals surface area contributed by atoms with Crippen LogP contribution in [0.2, 0.25) is 5.02 Å². The number of aliphatic hydroxyl groups excluding tert-OH is 1. The number of hydrogen-bond acceptors (Lipinski definition) is 3. The first kappa shape index (κ1) is 15.5. The highest BCUT2D eigenvalue weighted by Gasteiger charge is 2.20. The first-order valence-corrected chi connectivity index (χ1v) is 5.23. The van der Waals surface area contributed by atoms with Gasteiger partial charge in [-0.3, -0.25) is 0 Å². The van der Waals surface area contributed by atoms with Crippen molar-refractivity contribution < 1.29 is 10.2 Å². The Hall–Kier alpha value is -0.480. The normalized spacial score (nSPS) is 14.4. The van der Waals surface area contributed by atoms with Crippen molar-refractivity contribution in [2.24, 2.45) is 11.7 Å². The lowest BCUT2D eigenvalue weighted by atomic mass is 9.94. The van der Waals surface area contributed by atoms with Crippen molar-refractivity contribution in [2.75, 3.05) is 0 Å². The molecule has 0 bridgehead atoms. The van der Waals surface area contributed by atoms with E-state index in [0.29, 0.717) is 0 Å². The van der Waals surface area contributed by atoms with Crippen molar-refractivity contribution in [3.8, 4) is 5.75 Å². The lowest BCUT2D eigenvalue weighted by molar-refractivity contribution is 0.0979. The Balaban J connectivity index is 0.00000225. The lowest BCUT2D eigenvalue weighted by Crippen LogP contribution is -2.30. The molecule has 0 aromatic heterocycles. The molecule has 4 N–H and O–H groups in total. The van der Waals surface area contributed by atoms with Gasteiger partial charge in [-0.1, -0.05) is 31.5 Å². The lowest BCUT2D eigenvalue weighted by Gasteiger charge is -2.22. The largest absolute Gasteiger partial charge is 0.506 e. The quantitative estimate of drug-likeness (QED) is 0.787. The van der Waals surface area contributed by atoms with Crippen LogP contribution >= 0.6 is 24.0 Å². The standard InChI is InChI=1S/C11H16ClNO2.ClH/c1-6(2)11(15)10(13)7-3-4-9(14)8(12)5-7;/h3-6,10-11,14-15H,13H2,1-2H3;1H/t10-,11+;/m0./s1. The Kier molecular flexibility index (Phi) is 6.11. The topological polar surface area (TPSA) is 66.5 Å². The molecule has 0 unspecified atom stereocenters. The van der Waals surface area contributed by atoms with E-state index in [4.69, 9.17) is 17.3 Å². The summed E-state index contributed by atoms with van der Waals surface area (Å²) in [5.74, 6) is 0.0965. The Morgan fingerprint density at radius 3 is 2.31 bits per heavy atom. The van der Waals surface area contributed by atoms with Crippen LogP contribution in [-0.2, 0) is 0 Å². The van der Waals surface area contributed by atoms with E-state index in [1.54, 1.807) is 12.1 Å². The van der Waals surface area contributed by atoms with Crippen molar-refractivity contribution in [3.05, 3.63) is 28.8 Å². The summed E-state index contributed by atoms with van der Waals surface area (Å²) in [5.41, 5.74) is 6.59. The number of benzene rings is 1. The molecular formula is C11H17Cl2NO2. The molecule has 5 heteroatoms. The van der Waals surface area contributed by atoms with Crippen molar-refractivity contribution in [1.82, 2.24) is 0 Å². The third kappa shape index (κ3) is 3.52. The molecule has 0 aliphatic rings. The molecule has 0 radical (unpaired) electrons. The number of rotatable bonds is 3. The van der Waals surface area contributed by atoms with Gasteiger partial charge >= 0.3 is 0 Å². The molecule has 0 saturated heterocycles. The van der Waals surface area contributed by atoms with Gasteiger partial charge in [-0.05, 0) is 23.6 Å². The van der Waals surface area contributed by atoms with Crippen molar-refractivity contribution in [3.63, 3.8) is 0 Å². The predicted molar refractivity (Wildman–Crippen MR) is 68.1 cm³/mol. The van der Waals surface area contributed by atoms with E-state index >= 15 is 0 Å². The second kappa shape index (κ2) is 6.30. The van der Waals surface area contributed by atoms with E-state index in [2.05, 4.69) is 0 Å². The second-order valence-corrected chi connectivity index (χ2v) is 4.38. The Morgan fingerprint density at radius 1 is 1.31 bits per heavy atom. The smallest absolute Gasteiger partial charge is 0.134 e. The summed E-state index contributed by atoms with van der Waals surface area (Å²) in [5, 5.41) is 19.3. The van der Waals surface area contributed by atoms with Crippen LogP contribution < -0.4 is 5.73 Å². The Morgan fingerprint density at radius 2 is 1.88 bits per heavy atom. The van der Waals surface area contributed by atoms with E-state index in [1.165, 1.54) is 6.07 Å². The van der Waals surface area contributed by atoms with Gasteiger partial charge in [-0.2, -0.15) is 0 Å². The van der Waals surface area contributed by atoms with E-state index < -0.39 is 12.1 Å². The second-order valence-electron chi connectivity index (χ2n) is 3.97. The molecule has 0 amide bonds. The summed E-state index contributed by atoms with van der Waals surface area (Å²) in [7, 11) is 0. The number of halogens is 2. The summed E-state index contributed by atoms with van der Waals surface area (Å²) in [6.07, 6.45) is -0.620. The number of nitrogens with two attached hydrogens (primary N) is 1. The maximum Gasteiger partial charge on any atom is 0.134 e. The highest BCUT2D eigenvalue weighted by Crippen LogP contribution is 2.28. The van der Waals surface area contributed by atoms with Crippen molar-refractivity contribution >= 4 is 24.0 Å². The molecular weight excluding hydrogens is 249 g/mol. The first-order valence-electron chi connectivity index (χ1n) is 4.85. The molecule has 0 aliphatic carbocycles. The zero-order valence-corrected chi connectivity index (χ0v) is 10.8. The highest BCUT2D eigenvalue weighted by molar-refractivity contribution is 6.32. The fourth-order valence-corrected chi connectivity index (χ4v) is 1.53. The number of aromatic hydroxyl groups is 1. The molecule has 92 valence electrons. The maximum atomic E-state index is 9.78. The summed E-state index contributed by atoms with van der Waals surface area (Å²) >= 11 is 5.75. The third-order valence-corrected chi connectivity index (χ3v) is 2.71. The van der Waals surface area contributed by atoms with E-state index in [-0.39, 0.29) is 29.1 Å². The minimum atomic E-state index is -0.620. The van der Waals surface area contributed by atoms with Crippen LogP contribution in [0, 0.1) is 5.92 Å². The molecule has 16 heavy (non-hydrogen) atoms. The SMILES string of the molecule is CC(C)[C@@H](O)[C@@H](N)c1ccc(O)c(Cl)c1.Cl. The fraction of sp³-hybridized carbons (Fsp3) is 0.455. The van der Waals surface area contributed by atoms with Crippen LogP contribution in [0.5, 0.6) is 5.75 Å². The van der Waals surface area contributed by atoms with Crippen LogP contribution in [0.3, 0.4) is 0 Å². The molecule has 0 fully saturated rings. The van der Waals surface area contributed by atoms with Gasteiger partial charge < -0.3 is 15.9 Å². The molecule has 3 nitrogen and oxygen atoms in total. The van der Waals surface area contributed by atoms with Gasteiger partial charge in [0.05, 0.1) is 17.2 Å². The number of phenols is 1. The summed E-state index contributed by atoms with van der Waals surface area (Å²) < 4.78 is 0. The van der Waals surface area contributed by atoms with Gasteiger partial charge in [0, 0.05) is 0 Å². The minimum Gasteiger partial charge on any atom is -0.506 e. The van der Waals surface area contributed by atoms with Crippen molar-refractivity contribution in [2.45, 2.75) is 26.0 Å². The molecule has 1 aromatic carbocycles. The highest BCUT2D eigenvalue weighted by atomic mass is 35.5. The van der Waals surface area contributed by atoms with Gasteiger partial charge in [0.15, 0.2) is 0 Å². The van der Waals surface area contributed by atoms with Crippen LogP contribution in [-0.4, -0.2) is 16.3 Å². The average Bonchev–Trinajstić information content (AvgIpc) is 2.19. The van der Waals surface area contributed by atoms with Crippen LogP contribution in [0.4, 0.5) is 0 Å². The van der Waals surface area contributed by atoms with Gasteiger partial charge in [0.2, 0.25) is 0 Å². The minimum absolute atomic E-state index is 0. The predicted octanol–water partition coefficient (Wildman–Crippen LogP) is 2.48. The van der Waals surface area contributed by atoms with Crippen LogP contribution in [0.25, 0.3) is 0 Å². The Labute approximate surface area is 107 Å². The molecule has 0 aliphatic heterocycles. The summed E-state index contributed by atoms with van der Waals surface area (Å²) in [6.45, 7) is 3.79. The van der Waals surface area contributed by atoms with E-state index in [1.807, 2.05) is 13.8 Å². The molecule has 1 aromatic rings.